The van der Waals surface area contributed by atoms with E-state index in [4.69, 9.17) is 9.40 Å². The number of hydrogen-bond donors (Lipinski definition) is 0. The zero-order valence-electron chi connectivity index (χ0n) is 34.1. The van der Waals surface area contributed by atoms with Gasteiger partial charge in [-0.25, -0.2) is 9.55 Å². The molecule has 0 aliphatic rings. The number of rotatable bonds is 8. The summed E-state index contributed by atoms with van der Waals surface area (Å²) in [5, 5.41) is 2.48. The van der Waals surface area contributed by atoms with E-state index >= 15 is 0 Å². The molecule has 3 aromatic heterocycles. The number of aryl methyl sites for hydroxylation is 2. The molecule has 0 saturated heterocycles. The minimum Gasteiger partial charge on any atom is -0.436 e. The number of fused-ring (bicyclic) bond motifs is 5. The van der Waals surface area contributed by atoms with E-state index in [9.17, 15) is 0 Å². The fraction of sp³-hybridized carbons (Fsp3) is 0.347. The summed E-state index contributed by atoms with van der Waals surface area (Å²) >= 11 is 1.87. The Kier molecular flexibility index (Phi) is 9.08. The van der Waals surface area contributed by atoms with Gasteiger partial charge in [0.25, 0.3) is 5.82 Å². The lowest BCUT2D eigenvalue weighted by molar-refractivity contribution is -0.633. The predicted octanol–water partition coefficient (Wildman–Crippen LogP) is 14.2. The SMILES string of the molecule is Cc1ccc2c(sc3cc4oc(-c5c(C(C)C)cccc5C(C)C)nc4cc32)c1-c1n(-c2c(C(C)C)cc(C(C)C)cc2C(C)C)c2ccccc2[n+]1C. The van der Waals surface area contributed by atoms with Crippen molar-refractivity contribution in [1.29, 1.82) is 0 Å². The summed E-state index contributed by atoms with van der Waals surface area (Å²) in [6, 6.07) is 29.6. The molecule has 8 rings (SSSR count). The van der Waals surface area contributed by atoms with Crippen molar-refractivity contribution in [3.63, 3.8) is 0 Å². The van der Waals surface area contributed by atoms with E-state index < -0.39 is 0 Å². The van der Waals surface area contributed by atoms with E-state index in [0.717, 1.165) is 22.6 Å². The van der Waals surface area contributed by atoms with Gasteiger partial charge in [-0.15, -0.1) is 11.3 Å². The third-order valence-corrected chi connectivity index (χ3v) is 12.7. The summed E-state index contributed by atoms with van der Waals surface area (Å²) in [7, 11) is 2.24. The molecule has 0 fully saturated rings. The number of nitrogens with zero attached hydrogens (tertiary/aromatic N) is 3. The van der Waals surface area contributed by atoms with Crippen LogP contribution in [0.3, 0.4) is 0 Å². The Hall–Kier alpha value is -4.74. The summed E-state index contributed by atoms with van der Waals surface area (Å²) in [5.41, 5.74) is 16.0. The Balaban J connectivity index is 1.42. The van der Waals surface area contributed by atoms with Crippen LogP contribution in [0.25, 0.3) is 70.8 Å². The van der Waals surface area contributed by atoms with Gasteiger partial charge in [-0.3, -0.25) is 0 Å². The Morgan fingerprint density at radius 3 is 1.89 bits per heavy atom. The lowest BCUT2D eigenvalue weighted by atomic mass is 9.87. The van der Waals surface area contributed by atoms with Crippen LogP contribution in [0.2, 0.25) is 0 Å². The third kappa shape index (κ3) is 5.70. The van der Waals surface area contributed by atoms with Crippen molar-refractivity contribution in [3.8, 4) is 28.5 Å². The Labute approximate surface area is 324 Å². The van der Waals surface area contributed by atoms with Gasteiger partial charge in [-0.05, 0) is 77.0 Å². The second-order valence-corrected chi connectivity index (χ2v) is 18.0. The van der Waals surface area contributed by atoms with Gasteiger partial charge in [0.1, 0.15) is 11.2 Å². The minimum atomic E-state index is 0.355. The van der Waals surface area contributed by atoms with Crippen molar-refractivity contribution in [1.82, 2.24) is 9.55 Å². The fourth-order valence-electron chi connectivity index (χ4n) is 8.54. The smallest absolute Gasteiger partial charge is 0.296 e. The molecule has 0 saturated carbocycles. The summed E-state index contributed by atoms with van der Waals surface area (Å²) in [6.07, 6.45) is 0. The summed E-state index contributed by atoms with van der Waals surface area (Å²) in [4.78, 5) is 5.20. The normalized spacial score (nSPS) is 12.5. The van der Waals surface area contributed by atoms with E-state index in [1.54, 1.807) is 0 Å². The molecular formula is C49H54N3OS+. The van der Waals surface area contributed by atoms with Gasteiger partial charge in [0, 0.05) is 38.2 Å². The van der Waals surface area contributed by atoms with Gasteiger partial charge in [0.2, 0.25) is 5.89 Å². The zero-order chi connectivity index (χ0) is 38.3. The van der Waals surface area contributed by atoms with Gasteiger partial charge in [0.15, 0.2) is 16.6 Å². The Morgan fingerprint density at radius 1 is 0.648 bits per heavy atom. The zero-order valence-corrected chi connectivity index (χ0v) is 34.9. The maximum absolute atomic E-state index is 6.70. The highest BCUT2D eigenvalue weighted by atomic mass is 32.1. The number of hydrogen-bond acceptors (Lipinski definition) is 3. The van der Waals surface area contributed by atoms with Crippen LogP contribution in [0.15, 0.2) is 83.3 Å². The van der Waals surface area contributed by atoms with Crippen LogP contribution in [0.4, 0.5) is 0 Å². The van der Waals surface area contributed by atoms with Crippen molar-refractivity contribution in [2.24, 2.45) is 7.05 Å². The number of imidazole rings is 1. The number of para-hydroxylation sites is 2. The van der Waals surface area contributed by atoms with E-state index in [1.807, 2.05) is 11.3 Å². The van der Waals surface area contributed by atoms with Gasteiger partial charge in [-0.1, -0.05) is 124 Å². The van der Waals surface area contributed by atoms with Gasteiger partial charge >= 0.3 is 0 Å². The first-order chi connectivity index (χ1) is 25.8. The average Bonchev–Trinajstić information content (AvgIpc) is 3.80. The number of oxazole rings is 1. The molecule has 0 aliphatic heterocycles. The first-order valence-corrected chi connectivity index (χ1v) is 20.7. The summed E-state index contributed by atoms with van der Waals surface area (Å²) < 4.78 is 14.2. The molecule has 0 spiro atoms. The molecule has 3 heterocycles. The number of benzene rings is 5. The second-order valence-electron chi connectivity index (χ2n) is 16.9. The molecule has 0 radical (unpaired) electrons. The quantitative estimate of drug-likeness (QED) is 0.146. The average molecular weight is 733 g/mol. The molecule has 54 heavy (non-hydrogen) atoms. The van der Waals surface area contributed by atoms with Gasteiger partial charge in [-0.2, -0.15) is 4.57 Å². The molecule has 0 N–H and O–H groups in total. The van der Waals surface area contributed by atoms with Crippen molar-refractivity contribution in [2.75, 3.05) is 0 Å². The molecule has 0 amide bonds. The molecule has 276 valence electrons. The highest BCUT2D eigenvalue weighted by Gasteiger charge is 2.33. The lowest BCUT2D eigenvalue weighted by Crippen LogP contribution is -2.30. The molecule has 0 atom stereocenters. The van der Waals surface area contributed by atoms with Crippen molar-refractivity contribution < 1.29 is 8.98 Å². The van der Waals surface area contributed by atoms with Gasteiger partial charge < -0.3 is 4.42 Å². The Morgan fingerprint density at radius 2 is 1.28 bits per heavy atom. The highest BCUT2D eigenvalue weighted by molar-refractivity contribution is 7.26. The summed E-state index contributed by atoms with van der Waals surface area (Å²) in [5.74, 6) is 3.82. The van der Waals surface area contributed by atoms with Crippen molar-refractivity contribution in [2.45, 2.75) is 106 Å². The van der Waals surface area contributed by atoms with Crippen LogP contribution >= 0.6 is 11.3 Å². The largest absolute Gasteiger partial charge is 0.436 e. The molecule has 0 aliphatic carbocycles. The summed E-state index contributed by atoms with van der Waals surface area (Å²) in [6.45, 7) is 25.3. The molecule has 8 aromatic rings. The van der Waals surface area contributed by atoms with Crippen LogP contribution in [-0.4, -0.2) is 9.55 Å². The van der Waals surface area contributed by atoms with Crippen LogP contribution in [0, 0.1) is 6.92 Å². The molecule has 5 aromatic carbocycles. The third-order valence-electron chi connectivity index (χ3n) is 11.5. The Bertz CT molecular complexity index is 2680. The number of thiophene rings is 1. The van der Waals surface area contributed by atoms with E-state index in [0.29, 0.717) is 29.6 Å². The van der Waals surface area contributed by atoms with Crippen molar-refractivity contribution in [3.05, 3.63) is 112 Å². The molecule has 0 bridgehead atoms. The van der Waals surface area contributed by atoms with Gasteiger partial charge in [0.05, 0.1) is 17.3 Å². The van der Waals surface area contributed by atoms with E-state index in [2.05, 4.69) is 171 Å². The molecular weight excluding hydrogens is 679 g/mol. The van der Waals surface area contributed by atoms with Crippen LogP contribution in [-0.2, 0) is 7.05 Å². The topological polar surface area (TPSA) is 34.8 Å². The lowest BCUT2D eigenvalue weighted by Gasteiger charge is -2.22. The van der Waals surface area contributed by atoms with Crippen LogP contribution in [0.5, 0.6) is 0 Å². The van der Waals surface area contributed by atoms with Crippen LogP contribution in [0.1, 0.15) is 132 Å². The standard InChI is InChI=1S/C49H54N3OS/c1-26(2)32-22-36(29(7)8)46(37(23-32)30(9)10)52-41-19-14-13-18-40(41)51(12)49(52)44-31(11)20-21-35-38-24-39-42(25-43(38)54-47(35)44)53-48(50-39)45-33(27(3)4)16-15-17-34(45)28(5)6/h13-30H,1-12H3/q+1. The minimum absolute atomic E-state index is 0.355. The van der Waals surface area contributed by atoms with E-state index in [-0.39, 0.29) is 0 Å². The van der Waals surface area contributed by atoms with Crippen molar-refractivity contribution >= 4 is 53.6 Å². The highest BCUT2D eigenvalue weighted by Crippen LogP contribution is 2.46. The number of aromatic nitrogens is 3. The first-order valence-electron chi connectivity index (χ1n) is 19.8. The monoisotopic (exact) mass is 732 g/mol. The molecule has 0 unspecified atom stereocenters. The fourth-order valence-corrected chi connectivity index (χ4v) is 9.85. The first kappa shape index (κ1) is 36.2. The maximum atomic E-state index is 6.70. The molecule has 4 nitrogen and oxygen atoms in total. The predicted molar refractivity (Wildman–Crippen MR) is 231 cm³/mol. The maximum Gasteiger partial charge on any atom is 0.296 e. The van der Waals surface area contributed by atoms with Crippen LogP contribution < -0.4 is 4.57 Å². The second kappa shape index (κ2) is 13.5. The van der Waals surface area contributed by atoms with E-state index in [1.165, 1.54) is 81.7 Å². The molecule has 5 heteroatoms.